The summed E-state index contributed by atoms with van der Waals surface area (Å²) in [6.07, 6.45) is 1.58. The van der Waals surface area contributed by atoms with Crippen molar-refractivity contribution < 1.29 is 33.0 Å². The normalized spacial score (nSPS) is 13.5. The van der Waals surface area contributed by atoms with Crippen molar-refractivity contribution in [3.8, 4) is 0 Å². The molecule has 0 bridgehead atoms. The van der Waals surface area contributed by atoms with Crippen molar-refractivity contribution in [3.05, 3.63) is 12.2 Å². The number of carbonyl (C=O) groups is 2. The largest absolute Gasteiger partial charge is 0.478 e. The van der Waals surface area contributed by atoms with Gasteiger partial charge in [-0.3, -0.25) is 9.36 Å². The van der Waals surface area contributed by atoms with Gasteiger partial charge in [-0.2, -0.15) is 0 Å². The standard InChI is InChI=1S/C10H17O7P/c1-8(5-4-6-9(11)12)17-10(13)7-18(14,15-2)16-3/h4,6,8H,5,7H2,1-3H3,(H,11,12)/b6-4+. The second-order valence-corrected chi connectivity index (χ2v) is 5.68. The van der Waals surface area contributed by atoms with Crippen LogP contribution in [-0.2, 0) is 27.9 Å². The Labute approximate surface area is 105 Å². The second-order valence-electron chi connectivity index (χ2n) is 3.41. The van der Waals surface area contributed by atoms with E-state index in [1.54, 1.807) is 6.92 Å². The van der Waals surface area contributed by atoms with Crippen molar-refractivity contribution in [1.29, 1.82) is 0 Å². The van der Waals surface area contributed by atoms with Gasteiger partial charge in [-0.15, -0.1) is 0 Å². The maximum atomic E-state index is 11.6. The fourth-order valence-electron chi connectivity index (χ4n) is 1.03. The lowest BCUT2D eigenvalue weighted by Crippen LogP contribution is -2.18. The zero-order valence-electron chi connectivity index (χ0n) is 10.5. The van der Waals surface area contributed by atoms with E-state index in [2.05, 4.69) is 9.05 Å². The van der Waals surface area contributed by atoms with Crippen molar-refractivity contribution in [2.45, 2.75) is 19.4 Å². The van der Waals surface area contributed by atoms with Crippen LogP contribution in [0.5, 0.6) is 0 Å². The number of rotatable bonds is 8. The van der Waals surface area contributed by atoms with E-state index in [1.807, 2.05) is 0 Å². The molecule has 0 spiro atoms. The molecule has 0 saturated heterocycles. The maximum absolute atomic E-state index is 11.6. The summed E-state index contributed by atoms with van der Waals surface area (Å²) in [7, 11) is -1.07. The molecular formula is C10H17O7P. The predicted octanol–water partition coefficient (Wildman–Crippen LogP) is 1.43. The average Bonchev–Trinajstić information content (AvgIpc) is 2.28. The topological polar surface area (TPSA) is 99.1 Å². The Morgan fingerprint density at radius 2 is 1.89 bits per heavy atom. The van der Waals surface area contributed by atoms with Gasteiger partial charge in [0.1, 0.15) is 12.3 Å². The SMILES string of the molecule is COP(=O)(CC(=O)OC(C)C/C=C/C(=O)O)OC. The summed E-state index contributed by atoms with van der Waals surface area (Å²) in [6.45, 7) is 1.59. The molecule has 104 valence electrons. The van der Waals surface area contributed by atoms with Crippen LogP contribution in [0, 0.1) is 0 Å². The molecule has 0 aliphatic heterocycles. The van der Waals surface area contributed by atoms with E-state index < -0.39 is 31.8 Å². The molecule has 0 aliphatic rings. The second kappa shape index (κ2) is 8.02. The third-order valence-corrected chi connectivity index (χ3v) is 3.70. The van der Waals surface area contributed by atoms with Crippen LogP contribution in [0.2, 0.25) is 0 Å². The van der Waals surface area contributed by atoms with E-state index in [4.69, 9.17) is 9.84 Å². The van der Waals surface area contributed by atoms with E-state index >= 15 is 0 Å². The van der Waals surface area contributed by atoms with Gasteiger partial charge in [0.05, 0.1) is 0 Å². The highest BCUT2D eigenvalue weighted by Gasteiger charge is 2.27. The molecule has 0 rings (SSSR count). The summed E-state index contributed by atoms with van der Waals surface area (Å²) in [6, 6.07) is 0. The van der Waals surface area contributed by atoms with Gasteiger partial charge in [-0.1, -0.05) is 6.08 Å². The van der Waals surface area contributed by atoms with Crippen LogP contribution >= 0.6 is 7.60 Å². The average molecular weight is 280 g/mol. The third kappa shape index (κ3) is 7.21. The Hall–Kier alpha value is -1.17. The molecule has 8 heteroatoms. The van der Waals surface area contributed by atoms with Crippen LogP contribution < -0.4 is 0 Å². The molecule has 0 radical (unpaired) electrons. The van der Waals surface area contributed by atoms with Gasteiger partial charge in [0.15, 0.2) is 0 Å². The minimum atomic E-state index is -3.42. The van der Waals surface area contributed by atoms with Gasteiger partial charge in [-0.25, -0.2) is 4.79 Å². The first kappa shape index (κ1) is 16.8. The molecule has 0 heterocycles. The van der Waals surface area contributed by atoms with Crippen LogP contribution in [0.25, 0.3) is 0 Å². The number of esters is 1. The first-order valence-corrected chi connectivity index (χ1v) is 6.85. The molecule has 0 aromatic rings. The minimum Gasteiger partial charge on any atom is -0.478 e. The number of aliphatic carboxylic acids is 1. The number of carbonyl (C=O) groups excluding carboxylic acids is 1. The summed E-state index contributed by atoms with van der Waals surface area (Å²) in [5.74, 6) is -1.80. The first-order chi connectivity index (χ1) is 8.33. The minimum absolute atomic E-state index is 0.252. The van der Waals surface area contributed by atoms with Gasteiger partial charge in [-0.05, 0) is 6.92 Å². The summed E-state index contributed by atoms with van der Waals surface area (Å²) < 4.78 is 25.7. The van der Waals surface area contributed by atoms with Crippen molar-refractivity contribution in [2.75, 3.05) is 20.4 Å². The Morgan fingerprint density at radius 1 is 1.33 bits per heavy atom. The molecule has 0 amide bonds. The smallest absolute Gasteiger partial charge is 0.341 e. The molecule has 1 atom stereocenters. The van der Waals surface area contributed by atoms with E-state index in [9.17, 15) is 14.2 Å². The van der Waals surface area contributed by atoms with Crippen LogP contribution in [0.4, 0.5) is 0 Å². The molecule has 1 unspecified atom stereocenters. The summed E-state index contributed by atoms with van der Waals surface area (Å²) in [5, 5.41) is 8.36. The van der Waals surface area contributed by atoms with E-state index in [0.717, 1.165) is 6.08 Å². The van der Waals surface area contributed by atoms with Crippen molar-refractivity contribution in [1.82, 2.24) is 0 Å². The summed E-state index contributed by atoms with van der Waals surface area (Å²) in [5.41, 5.74) is 0. The van der Waals surface area contributed by atoms with Gasteiger partial charge in [0.25, 0.3) is 0 Å². The van der Waals surface area contributed by atoms with Crippen LogP contribution in [0.15, 0.2) is 12.2 Å². The van der Waals surface area contributed by atoms with Crippen LogP contribution in [0.3, 0.4) is 0 Å². The number of hydrogen-bond donors (Lipinski definition) is 1. The first-order valence-electron chi connectivity index (χ1n) is 5.12. The highest BCUT2D eigenvalue weighted by atomic mass is 31.2. The van der Waals surface area contributed by atoms with Crippen LogP contribution in [-0.4, -0.2) is 43.5 Å². The highest BCUT2D eigenvalue weighted by Crippen LogP contribution is 2.46. The molecule has 0 aromatic carbocycles. The van der Waals surface area contributed by atoms with Gasteiger partial charge in [0, 0.05) is 26.7 Å². The molecule has 18 heavy (non-hydrogen) atoms. The molecule has 7 nitrogen and oxygen atoms in total. The molecule has 1 N–H and O–H groups in total. The molecule has 0 aromatic heterocycles. The van der Waals surface area contributed by atoms with Gasteiger partial charge < -0.3 is 18.9 Å². The van der Waals surface area contributed by atoms with E-state index in [-0.39, 0.29) is 6.42 Å². The van der Waals surface area contributed by atoms with E-state index in [0.29, 0.717) is 0 Å². The fourth-order valence-corrected chi connectivity index (χ4v) is 1.83. The van der Waals surface area contributed by atoms with Crippen molar-refractivity contribution in [2.24, 2.45) is 0 Å². The highest BCUT2D eigenvalue weighted by molar-refractivity contribution is 7.54. The molecule has 0 fully saturated rings. The Bertz CT molecular complexity index is 355. The number of carboxylic acids is 1. The molecule has 0 saturated carbocycles. The summed E-state index contributed by atoms with van der Waals surface area (Å²) in [4.78, 5) is 21.6. The Kier molecular flexibility index (Phi) is 7.50. The molecule has 0 aliphatic carbocycles. The van der Waals surface area contributed by atoms with Crippen molar-refractivity contribution >= 4 is 19.5 Å². The fraction of sp³-hybridized carbons (Fsp3) is 0.600. The van der Waals surface area contributed by atoms with Crippen LogP contribution in [0.1, 0.15) is 13.3 Å². The number of hydrogen-bond acceptors (Lipinski definition) is 6. The maximum Gasteiger partial charge on any atom is 0.341 e. The van der Waals surface area contributed by atoms with Gasteiger partial charge >= 0.3 is 19.5 Å². The summed E-state index contributed by atoms with van der Waals surface area (Å²) >= 11 is 0. The monoisotopic (exact) mass is 280 g/mol. The quantitative estimate of drug-likeness (QED) is 0.408. The Balaban J connectivity index is 4.16. The zero-order chi connectivity index (χ0) is 14.2. The van der Waals surface area contributed by atoms with Crippen molar-refractivity contribution in [3.63, 3.8) is 0 Å². The number of ether oxygens (including phenoxy) is 1. The zero-order valence-corrected chi connectivity index (χ0v) is 11.4. The lowest BCUT2D eigenvalue weighted by atomic mass is 10.2. The lowest BCUT2D eigenvalue weighted by Gasteiger charge is -2.15. The predicted molar refractivity (Wildman–Crippen MR) is 63.4 cm³/mol. The third-order valence-electron chi connectivity index (χ3n) is 1.94. The lowest BCUT2D eigenvalue weighted by molar-refractivity contribution is -0.145. The number of carboxylic acid groups (broad SMARTS) is 1. The Morgan fingerprint density at radius 3 is 2.33 bits per heavy atom. The van der Waals surface area contributed by atoms with Gasteiger partial charge in [0.2, 0.25) is 0 Å². The van der Waals surface area contributed by atoms with E-state index in [1.165, 1.54) is 20.3 Å². The molecular weight excluding hydrogens is 263 g/mol.